The second kappa shape index (κ2) is 23.2. The van der Waals surface area contributed by atoms with Gasteiger partial charge in [0.05, 0.1) is 0 Å². The molecule has 0 nitrogen and oxygen atoms in total. The molecule has 29 heavy (non-hydrogen) atoms. The maximum atomic E-state index is 2.42. The first-order valence-electron chi connectivity index (χ1n) is 12.0. The summed E-state index contributed by atoms with van der Waals surface area (Å²) in [6.45, 7) is 2.29. The maximum absolute atomic E-state index is 2.42. The molecule has 1 heteroatoms. The molecule has 0 aliphatic rings. The molecule has 0 heterocycles. The van der Waals surface area contributed by atoms with Gasteiger partial charge in [-0.2, -0.15) is 17.7 Å². The summed E-state index contributed by atoms with van der Waals surface area (Å²) in [5.41, 5.74) is 1.51. The fourth-order valence-electron chi connectivity index (χ4n) is 3.48. The van der Waals surface area contributed by atoms with E-state index in [2.05, 4.69) is 43.3 Å². The van der Waals surface area contributed by atoms with E-state index in [1.165, 1.54) is 102 Å². The molecule has 0 atom stereocenters. The Morgan fingerprint density at radius 1 is 0.586 bits per heavy atom. The van der Waals surface area contributed by atoms with Crippen molar-refractivity contribution in [3.8, 4) is 0 Å². The van der Waals surface area contributed by atoms with Crippen molar-refractivity contribution in [2.24, 2.45) is 0 Å². The van der Waals surface area contributed by atoms with Gasteiger partial charge in [-0.05, 0) is 25.7 Å². The van der Waals surface area contributed by atoms with Crippen LogP contribution in [-0.4, -0.2) is 0 Å². The van der Waals surface area contributed by atoms with Gasteiger partial charge in [0.15, 0.2) is 0 Å². The Bertz CT molecular complexity index is 489. The van der Waals surface area contributed by atoms with Gasteiger partial charge >= 0.3 is 0 Å². The molecule has 0 aliphatic heterocycles. The molecule has 170 valence electrons. The van der Waals surface area contributed by atoms with Crippen LogP contribution in [0.2, 0.25) is 0 Å². The zero-order chi connectivity index (χ0) is 20.0. The smallest absolute Gasteiger partial charge is 0 e. The molecule has 0 saturated heterocycles. The summed E-state index contributed by atoms with van der Waals surface area (Å²) < 4.78 is 0. The zero-order valence-corrected chi connectivity index (χ0v) is 19.9. The van der Waals surface area contributed by atoms with Gasteiger partial charge in [0.25, 0.3) is 0 Å². The molecule has 0 spiro atoms. The Morgan fingerprint density at radius 2 is 1.00 bits per heavy atom. The minimum absolute atomic E-state index is 0. The van der Waals surface area contributed by atoms with Crippen LogP contribution in [0.25, 0.3) is 0 Å². The quantitative estimate of drug-likeness (QED) is 0.106. The van der Waals surface area contributed by atoms with Crippen molar-refractivity contribution in [3.63, 3.8) is 0 Å². The van der Waals surface area contributed by atoms with Crippen LogP contribution in [0.4, 0.5) is 0 Å². The van der Waals surface area contributed by atoms with Gasteiger partial charge in [-0.1, -0.05) is 89.7 Å². The molecule has 0 radical (unpaired) electrons. The molecule has 2 rings (SSSR count). The van der Waals surface area contributed by atoms with E-state index in [4.69, 9.17) is 0 Å². The monoisotopic (exact) mass is 436 g/mol. The van der Waals surface area contributed by atoms with Gasteiger partial charge in [-0.25, -0.2) is 12.1 Å². The van der Waals surface area contributed by atoms with Crippen molar-refractivity contribution in [2.75, 3.05) is 0 Å². The predicted molar refractivity (Wildman–Crippen MR) is 127 cm³/mol. The topological polar surface area (TPSA) is 0 Å². The largest absolute Gasteiger partial charge is 0.748 e. The van der Waals surface area contributed by atoms with Crippen LogP contribution in [-0.2, 0) is 23.5 Å². The first-order chi connectivity index (χ1) is 13.9. The normalized spacial score (nSPS) is 10.5. The first kappa shape index (κ1) is 28.0. The molecule has 2 aromatic carbocycles. The van der Waals surface area contributed by atoms with Crippen molar-refractivity contribution < 1.29 is 17.1 Å². The molecule has 0 unspecified atom stereocenters. The number of hydrogen-bond acceptors (Lipinski definition) is 0. The van der Waals surface area contributed by atoms with Crippen molar-refractivity contribution in [1.82, 2.24) is 0 Å². The average Bonchev–Trinajstić information content (AvgIpc) is 3.44. The first-order valence-corrected chi connectivity index (χ1v) is 12.0. The van der Waals surface area contributed by atoms with Crippen molar-refractivity contribution in [3.05, 3.63) is 72.3 Å². The number of aryl methyl sites for hydroxylation is 1. The third-order valence-corrected chi connectivity index (χ3v) is 5.26. The van der Waals surface area contributed by atoms with E-state index in [0.29, 0.717) is 0 Å². The van der Waals surface area contributed by atoms with E-state index in [1.807, 2.05) is 30.3 Å². The van der Waals surface area contributed by atoms with Crippen LogP contribution in [0.5, 0.6) is 0 Å². The third kappa shape index (κ3) is 20.0. The van der Waals surface area contributed by atoms with Gasteiger partial charge < -0.3 is 30.3 Å². The van der Waals surface area contributed by atoms with Crippen LogP contribution in [0, 0.1) is 0 Å². The SMILES string of the molecule is CCCCCCCCC=CCCCCCCCC[c-]1cccc1.[Fe].[cH-]1[cH-][cH-][cH-][cH-]1. The summed E-state index contributed by atoms with van der Waals surface area (Å²) in [5.74, 6) is 0. The molecule has 0 bridgehead atoms. The molecular formula is C28H44Fe-6. The molecule has 0 amide bonds. The van der Waals surface area contributed by atoms with Crippen molar-refractivity contribution in [2.45, 2.75) is 103 Å². The molecule has 0 aromatic heterocycles. The fourth-order valence-corrected chi connectivity index (χ4v) is 3.48. The van der Waals surface area contributed by atoms with E-state index in [1.54, 1.807) is 0 Å². The zero-order valence-electron chi connectivity index (χ0n) is 18.8. The Morgan fingerprint density at radius 3 is 1.48 bits per heavy atom. The molecule has 0 aliphatic carbocycles. The van der Waals surface area contributed by atoms with Crippen LogP contribution in [0.1, 0.15) is 102 Å². The second-order valence-electron chi connectivity index (χ2n) is 7.94. The van der Waals surface area contributed by atoms with Crippen molar-refractivity contribution >= 4 is 0 Å². The Hall–Kier alpha value is -1.04. The molecule has 2 aromatic rings. The van der Waals surface area contributed by atoms with Crippen LogP contribution in [0.3, 0.4) is 0 Å². The van der Waals surface area contributed by atoms with Crippen LogP contribution >= 0.6 is 0 Å². The molecular weight excluding hydrogens is 392 g/mol. The maximum Gasteiger partial charge on any atom is 0 e. The minimum Gasteiger partial charge on any atom is -0.748 e. The van der Waals surface area contributed by atoms with Crippen molar-refractivity contribution in [1.29, 1.82) is 0 Å². The standard InChI is InChI=1S/C23H39.C5H5.Fe/c1-2-3-4-5-6-7-8-9-10-11-12-13-14-15-16-17-20-23-21-18-19-22-23;1-2-4-5-3-1;/h9-10,18-19,21-22H,2-8,11-17,20H2,1H3;1-5H;/q-1;-5;. The summed E-state index contributed by atoms with van der Waals surface area (Å²) in [5, 5.41) is 0. The summed E-state index contributed by atoms with van der Waals surface area (Å²) in [7, 11) is 0. The van der Waals surface area contributed by atoms with Gasteiger partial charge in [-0.3, -0.25) is 0 Å². The molecule has 0 fully saturated rings. The van der Waals surface area contributed by atoms with Gasteiger partial charge in [-0.15, -0.1) is 0 Å². The predicted octanol–water partition coefficient (Wildman–Crippen LogP) is 9.39. The summed E-state index contributed by atoms with van der Waals surface area (Å²) in [4.78, 5) is 0. The van der Waals surface area contributed by atoms with E-state index in [-0.39, 0.29) is 17.1 Å². The minimum atomic E-state index is 0. The van der Waals surface area contributed by atoms with E-state index < -0.39 is 0 Å². The van der Waals surface area contributed by atoms with E-state index >= 15 is 0 Å². The summed E-state index contributed by atoms with van der Waals surface area (Å²) in [6, 6.07) is 18.8. The van der Waals surface area contributed by atoms with Gasteiger partial charge in [0, 0.05) is 17.1 Å². The summed E-state index contributed by atoms with van der Waals surface area (Å²) in [6.07, 6.45) is 25.6. The average molecular weight is 437 g/mol. The Labute approximate surface area is 192 Å². The fraction of sp³-hybridized carbons (Fsp3) is 0.571. The Balaban J connectivity index is 0.00000113. The Kier molecular flexibility index (Phi) is 22.4. The second-order valence-corrected chi connectivity index (χ2v) is 7.94. The number of hydrogen-bond donors (Lipinski definition) is 0. The van der Waals surface area contributed by atoms with Gasteiger partial charge in [0.2, 0.25) is 0 Å². The molecule has 0 N–H and O–H groups in total. The number of rotatable bonds is 16. The number of unbranched alkanes of at least 4 members (excludes halogenated alkanes) is 12. The van der Waals surface area contributed by atoms with E-state index in [0.717, 1.165) is 0 Å². The van der Waals surface area contributed by atoms with Crippen LogP contribution < -0.4 is 0 Å². The third-order valence-electron chi connectivity index (χ3n) is 5.26. The summed E-state index contributed by atoms with van der Waals surface area (Å²) >= 11 is 0. The van der Waals surface area contributed by atoms with E-state index in [9.17, 15) is 0 Å². The van der Waals surface area contributed by atoms with Gasteiger partial charge in [0.1, 0.15) is 0 Å². The number of allylic oxidation sites excluding steroid dienone is 2. The molecule has 0 saturated carbocycles. The van der Waals surface area contributed by atoms with Crippen LogP contribution in [0.15, 0.2) is 66.7 Å².